The average molecular weight is 243 g/mol. The van der Waals surface area contributed by atoms with Gasteiger partial charge < -0.3 is 14.6 Å². The normalized spacial score (nSPS) is 35.9. The Bertz CT molecular complexity index is 324. The predicted octanol–water partition coefficient (Wildman–Crippen LogP) is 0.361. The summed E-state index contributed by atoms with van der Waals surface area (Å²) >= 11 is 0. The van der Waals surface area contributed by atoms with Crippen molar-refractivity contribution >= 4 is 11.9 Å². The van der Waals surface area contributed by atoms with Crippen LogP contribution in [0, 0.1) is 5.92 Å². The maximum absolute atomic E-state index is 12.3. The first-order valence-electron chi connectivity index (χ1n) is 5.74. The molecule has 0 saturated carbocycles. The number of carbonyl (C=O) groups is 2. The minimum absolute atomic E-state index is 0.0348. The van der Waals surface area contributed by atoms with E-state index in [4.69, 9.17) is 9.84 Å². The molecule has 0 unspecified atom stereocenters. The number of hydrogen-bond acceptors (Lipinski definition) is 5. The highest BCUT2D eigenvalue weighted by atomic mass is 16.7. The number of hydrogen-bond donors (Lipinski definition) is 1. The average Bonchev–Trinajstić information content (AvgIpc) is 2.33. The number of carbonyl (C=O) groups excluding carboxylic acids is 1. The maximum Gasteiger partial charge on any atom is 0.505 e. The van der Waals surface area contributed by atoms with E-state index in [0.29, 0.717) is 0 Å². The Labute approximate surface area is 99.5 Å². The monoisotopic (exact) mass is 243 g/mol. The Hall–Kier alpha value is -1.14. The van der Waals surface area contributed by atoms with Crippen LogP contribution >= 0.6 is 0 Å². The number of ether oxygens (including phenoxy) is 2. The van der Waals surface area contributed by atoms with Gasteiger partial charge in [-0.3, -0.25) is 9.69 Å². The molecule has 3 rings (SSSR count). The summed E-state index contributed by atoms with van der Waals surface area (Å²) in [6.07, 6.45) is 0.366. The van der Waals surface area contributed by atoms with Gasteiger partial charge in [0.15, 0.2) is 5.78 Å². The standard InChI is InChI=1S/C11H17NO5/c1-16-6-11(7-17-10(14)15)9(13)8-2-4-12(11)5-3-8/h8H,2-7H2,1H3,(H,14,15)/t11-/m0/s1. The fraction of sp³-hybridized carbons (Fsp3) is 0.818. The topological polar surface area (TPSA) is 76.1 Å². The number of fused-ring (bicyclic) bond motifs is 3. The van der Waals surface area contributed by atoms with E-state index in [2.05, 4.69) is 4.74 Å². The number of rotatable bonds is 4. The van der Waals surface area contributed by atoms with Crippen LogP contribution in [0.2, 0.25) is 0 Å². The summed E-state index contributed by atoms with van der Waals surface area (Å²) in [5, 5.41) is 8.59. The van der Waals surface area contributed by atoms with Gasteiger partial charge in [-0.1, -0.05) is 0 Å². The van der Waals surface area contributed by atoms with Crippen molar-refractivity contribution < 1.29 is 24.2 Å². The minimum Gasteiger partial charge on any atom is -0.450 e. The molecule has 0 aromatic rings. The molecule has 6 heteroatoms. The zero-order valence-electron chi connectivity index (χ0n) is 9.85. The first-order chi connectivity index (χ1) is 8.10. The number of piperidine rings is 3. The molecule has 0 aliphatic carbocycles. The van der Waals surface area contributed by atoms with E-state index in [1.165, 1.54) is 7.11 Å². The van der Waals surface area contributed by atoms with Crippen LogP contribution in [0.25, 0.3) is 0 Å². The smallest absolute Gasteiger partial charge is 0.450 e. The molecule has 3 fully saturated rings. The number of Topliss-reactive ketones (excluding diaryl/α,β-unsaturated/α-hetero) is 1. The van der Waals surface area contributed by atoms with Gasteiger partial charge in [0.1, 0.15) is 12.1 Å². The third kappa shape index (κ3) is 2.02. The highest BCUT2D eigenvalue weighted by Gasteiger charge is 2.54. The van der Waals surface area contributed by atoms with Gasteiger partial charge in [0.05, 0.1) is 6.61 Å². The van der Waals surface area contributed by atoms with Gasteiger partial charge >= 0.3 is 6.16 Å². The van der Waals surface area contributed by atoms with E-state index >= 15 is 0 Å². The number of methoxy groups -OCH3 is 1. The van der Waals surface area contributed by atoms with Crippen LogP contribution in [-0.2, 0) is 14.3 Å². The maximum atomic E-state index is 12.3. The summed E-state index contributed by atoms with van der Waals surface area (Å²) in [6, 6.07) is 0. The van der Waals surface area contributed by atoms with Crippen LogP contribution in [0.4, 0.5) is 4.79 Å². The Morgan fingerprint density at radius 3 is 2.59 bits per heavy atom. The van der Waals surface area contributed by atoms with Crippen molar-refractivity contribution in [2.24, 2.45) is 5.92 Å². The second-order valence-corrected chi connectivity index (χ2v) is 4.64. The van der Waals surface area contributed by atoms with Crippen LogP contribution in [0.3, 0.4) is 0 Å². The lowest BCUT2D eigenvalue weighted by Crippen LogP contribution is -2.69. The Kier molecular flexibility index (Phi) is 3.35. The highest BCUT2D eigenvalue weighted by molar-refractivity contribution is 5.92. The van der Waals surface area contributed by atoms with Gasteiger partial charge in [0, 0.05) is 26.1 Å². The lowest BCUT2D eigenvalue weighted by molar-refractivity contribution is -0.158. The largest absolute Gasteiger partial charge is 0.505 e. The van der Waals surface area contributed by atoms with Crippen molar-refractivity contribution in [1.82, 2.24) is 4.90 Å². The van der Waals surface area contributed by atoms with Crippen molar-refractivity contribution in [3.05, 3.63) is 0 Å². The zero-order valence-corrected chi connectivity index (χ0v) is 9.85. The predicted molar refractivity (Wildman–Crippen MR) is 57.9 cm³/mol. The third-order valence-electron chi connectivity index (χ3n) is 3.75. The van der Waals surface area contributed by atoms with Gasteiger partial charge in [-0.2, -0.15) is 0 Å². The molecule has 17 heavy (non-hydrogen) atoms. The quantitative estimate of drug-likeness (QED) is 0.718. The molecule has 96 valence electrons. The van der Waals surface area contributed by atoms with Crippen LogP contribution in [0.1, 0.15) is 12.8 Å². The summed E-state index contributed by atoms with van der Waals surface area (Å²) in [4.78, 5) is 24.8. The summed E-state index contributed by atoms with van der Waals surface area (Å²) in [7, 11) is 1.51. The molecule has 3 heterocycles. The molecule has 0 spiro atoms. The highest BCUT2D eigenvalue weighted by Crippen LogP contribution is 2.36. The van der Waals surface area contributed by atoms with E-state index in [1.54, 1.807) is 0 Å². The molecule has 0 amide bonds. The third-order valence-corrected chi connectivity index (χ3v) is 3.75. The Morgan fingerprint density at radius 2 is 2.12 bits per heavy atom. The fourth-order valence-electron chi connectivity index (χ4n) is 2.89. The first kappa shape index (κ1) is 12.3. The summed E-state index contributed by atoms with van der Waals surface area (Å²) in [6.45, 7) is 1.67. The molecule has 3 aliphatic rings. The molecule has 0 aromatic heterocycles. The first-order valence-corrected chi connectivity index (χ1v) is 5.74. The Morgan fingerprint density at radius 1 is 1.47 bits per heavy atom. The van der Waals surface area contributed by atoms with Gasteiger partial charge in [-0.25, -0.2) is 4.79 Å². The van der Waals surface area contributed by atoms with E-state index in [0.717, 1.165) is 25.9 Å². The molecular weight excluding hydrogens is 226 g/mol. The second-order valence-electron chi connectivity index (χ2n) is 4.64. The fourth-order valence-corrected chi connectivity index (χ4v) is 2.89. The summed E-state index contributed by atoms with van der Waals surface area (Å²) < 4.78 is 9.74. The van der Waals surface area contributed by atoms with E-state index in [-0.39, 0.29) is 24.9 Å². The van der Waals surface area contributed by atoms with Gasteiger partial charge in [0.25, 0.3) is 0 Å². The SMILES string of the molecule is COC[C@]1(COC(=O)O)C(=O)C2CCN1CC2. The second kappa shape index (κ2) is 4.62. The van der Waals surface area contributed by atoms with Crippen molar-refractivity contribution in [2.75, 3.05) is 33.4 Å². The minimum atomic E-state index is -1.35. The van der Waals surface area contributed by atoms with Crippen molar-refractivity contribution in [2.45, 2.75) is 18.4 Å². The molecule has 0 aromatic carbocycles. The van der Waals surface area contributed by atoms with Gasteiger partial charge in [0.2, 0.25) is 0 Å². The van der Waals surface area contributed by atoms with Crippen molar-refractivity contribution in [1.29, 1.82) is 0 Å². The number of carboxylic acid groups (broad SMARTS) is 1. The van der Waals surface area contributed by atoms with Crippen LogP contribution < -0.4 is 0 Å². The van der Waals surface area contributed by atoms with Crippen molar-refractivity contribution in [3.63, 3.8) is 0 Å². The summed E-state index contributed by atoms with van der Waals surface area (Å²) in [5.41, 5.74) is -0.895. The van der Waals surface area contributed by atoms with Crippen molar-refractivity contribution in [3.8, 4) is 0 Å². The summed E-state index contributed by atoms with van der Waals surface area (Å²) in [5.74, 6) is 0.102. The van der Waals surface area contributed by atoms with Gasteiger partial charge in [-0.05, 0) is 12.8 Å². The van der Waals surface area contributed by atoms with E-state index in [1.807, 2.05) is 4.90 Å². The molecule has 3 aliphatic heterocycles. The zero-order chi connectivity index (χ0) is 12.5. The molecule has 2 bridgehead atoms. The van der Waals surface area contributed by atoms with E-state index < -0.39 is 11.7 Å². The Balaban J connectivity index is 2.19. The van der Waals surface area contributed by atoms with Gasteiger partial charge in [-0.15, -0.1) is 0 Å². The molecule has 0 radical (unpaired) electrons. The molecule has 1 N–H and O–H groups in total. The van der Waals surface area contributed by atoms with Crippen LogP contribution in [-0.4, -0.2) is 60.9 Å². The number of nitrogens with zero attached hydrogens (tertiary/aromatic N) is 1. The molecule has 1 atom stereocenters. The molecule has 3 saturated heterocycles. The molecular formula is C11H17NO5. The molecule has 6 nitrogen and oxygen atoms in total. The van der Waals surface area contributed by atoms with E-state index in [9.17, 15) is 9.59 Å². The number of ketones is 1. The van der Waals surface area contributed by atoms with Crippen LogP contribution in [0.5, 0.6) is 0 Å². The van der Waals surface area contributed by atoms with Crippen LogP contribution in [0.15, 0.2) is 0 Å². The lowest BCUT2D eigenvalue weighted by atomic mass is 9.74. The lowest BCUT2D eigenvalue weighted by Gasteiger charge is -2.51.